The van der Waals surface area contributed by atoms with Crippen LogP contribution < -0.4 is 0 Å². The van der Waals surface area contributed by atoms with Gasteiger partial charge in [-0.3, -0.25) is 4.79 Å². The number of carbonyl (C=O) groups is 1. The summed E-state index contributed by atoms with van der Waals surface area (Å²) < 4.78 is 24.3. The topological polar surface area (TPSA) is 37.3 Å². The van der Waals surface area contributed by atoms with Crippen molar-refractivity contribution in [1.29, 1.82) is 0 Å². The van der Waals surface area contributed by atoms with Gasteiger partial charge in [0.05, 0.1) is 0 Å². The maximum Gasteiger partial charge on any atom is 0.300 e. The van der Waals surface area contributed by atoms with E-state index in [-0.39, 0.29) is 17.8 Å². The largest absolute Gasteiger partial charge is 0.511 e. The van der Waals surface area contributed by atoms with Crippen LogP contribution in [-0.4, -0.2) is 17.3 Å². The van der Waals surface area contributed by atoms with Crippen LogP contribution in [0.15, 0.2) is 11.3 Å². The lowest BCUT2D eigenvalue weighted by Gasteiger charge is -2.30. The van der Waals surface area contributed by atoms with Crippen LogP contribution in [0.2, 0.25) is 0 Å². The van der Waals surface area contributed by atoms with E-state index in [2.05, 4.69) is 0 Å². The van der Waals surface area contributed by atoms with Gasteiger partial charge in [0, 0.05) is 11.0 Å². The molecule has 0 saturated heterocycles. The third kappa shape index (κ3) is 1.94. The highest BCUT2D eigenvalue weighted by Crippen LogP contribution is 2.39. The summed E-state index contributed by atoms with van der Waals surface area (Å²) in [5.41, 5.74) is -0.630. The number of hydrogen-bond acceptors (Lipinski definition) is 2. The molecule has 0 spiro atoms. The molecule has 1 aliphatic carbocycles. The monoisotopic (exact) mass is 204 g/mol. The van der Waals surface area contributed by atoms with Gasteiger partial charge in [-0.15, -0.1) is 0 Å². The number of carbonyl (C=O) groups excluding carboxylic acids is 1. The Bertz CT molecular complexity index is 280. The van der Waals surface area contributed by atoms with Gasteiger partial charge in [0.2, 0.25) is 5.78 Å². The predicted octanol–water partition coefficient (Wildman–Crippen LogP) is 2.84. The molecule has 1 aliphatic rings. The Morgan fingerprint density at radius 1 is 1.50 bits per heavy atom. The number of rotatable bonds is 2. The maximum absolute atomic E-state index is 12.1. The molecule has 4 heteroatoms. The second kappa shape index (κ2) is 3.67. The van der Waals surface area contributed by atoms with Crippen LogP contribution >= 0.6 is 0 Å². The van der Waals surface area contributed by atoms with Crippen LogP contribution in [0, 0.1) is 5.41 Å². The van der Waals surface area contributed by atoms with Crippen molar-refractivity contribution in [2.45, 2.75) is 39.5 Å². The molecule has 0 radical (unpaired) electrons. The number of aliphatic hydroxyl groups is 1. The first-order valence-electron chi connectivity index (χ1n) is 4.61. The summed E-state index contributed by atoms with van der Waals surface area (Å²) >= 11 is 0. The molecule has 0 aliphatic heterocycles. The van der Waals surface area contributed by atoms with Gasteiger partial charge >= 0.3 is 0 Å². The van der Waals surface area contributed by atoms with Gasteiger partial charge in [0.15, 0.2) is 0 Å². The Labute approximate surface area is 81.6 Å². The third-order valence-corrected chi connectivity index (χ3v) is 2.65. The maximum atomic E-state index is 12.1. The van der Waals surface area contributed by atoms with E-state index in [1.54, 1.807) is 13.8 Å². The van der Waals surface area contributed by atoms with Crippen LogP contribution in [0.1, 0.15) is 33.1 Å². The standard InChI is InChI=1S/C10H14F2O2/c1-10(2)5-3-4-6(8(10)14)7(13)9(11)12/h9,14H,3-5H2,1-2H3. The van der Waals surface area contributed by atoms with Crippen molar-refractivity contribution < 1.29 is 18.7 Å². The molecule has 0 aromatic rings. The molecule has 0 heterocycles. The van der Waals surface area contributed by atoms with E-state index >= 15 is 0 Å². The molecule has 0 aromatic carbocycles. The smallest absolute Gasteiger partial charge is 0.300 e. The van der Waals surface area contributed by atoms with Crippen LogP contribution in [0.5, 0.6) is 0 Å². The molecule has 0 fully saturated rings. The summed E-state index contributed by atoms with van der Waals surface area (Å²) in [5.74, 6) is -1.38. The molecule has 80 valence electrons. The number of hydrogen-bond donors (Lipinski definition) is 1. The second-order valence-electron chi connectivity index (χ2n) is 4.23. The van der Waals surface area contributed by atoms with Crippen molar-refractivity contribution in [3.05, 3.63) is 11.3 Å². The molecule has 2 nitrogen and oxygen atoms in total. The van der Waals surface area contributed by atoms with Crippen LogP contribution in [0.3, 0.4) is 0 Å². The highest BCUT2D eigenvalue weighted by atomic mass is 19.3. The molecule has 14 heavy (non-hydrogen) atoms. The number of allylic oxidation sites excluding steroid dienone is 2. The van der Waals surface area contributed by atoms with Gasteiger partial charge in [-0.2, -0.15) is 0 Å². The first-order valence-corrected chi connectivity index (χ1v) is 4.61. The zero-order chi connectivity index (χ0) is 10.9. The number of Topliss-reactive ketones (excluding diaryl/α,β-unsaturated/α-hetero) is 1. The summed E-state index contributed by atoms with van der Waals surface area (Å²) in [7, 11) is 0. The van der Waals surface area contributed by atoms with Gasteiger partial charge in [0.25, 0.3) is 6.43 Å². The highest BCUT2D eigenvalue weighted by Gasteiger charge is 2.34. The van der Waals surface area contributed by atoms with E-state index in [1.165, 1.54) is 0 Å². The Morgan fingerprint density at radius 3 is 2.57 bits per heavy atom. The van der Waals surface area contributed by atoms with E-state index in [0.29, 0.717) is 6.42 Å². The fraction of sp³-hybridized carbons (Fsp3) is 0.700. The van der Waals surface area contributed by atoms with Gasteiger partial charge in [-0.25, -0.2) is 8.78 Å². The zero-order valence-electron chi connectivity index (χ0n) is 8.31. The highest BCUT2D eigenvalue weighted by molar-refractivity contribution is 5.98. The third-order valence-electron chi connectivity index (χ3n) is 2.65. The first kappa shape index (κ1) is 11.1. The van der Waals surface area contributed by atoms with E-state index in [9.17, 15) is 18.7 Å². The minimum absolute atomic E-state index is 0.0868. The number of alkyl halides is 2. The van der Waals surface area contributed by atoms with Crippen molar-refractivity contribution in [2.24, 2.45) is 5.41 Å². The fourth-order valence-electron chi connectivity index (χ4n) is 1.72. The minimum Gasteiger partial charge on any atom is -0.511 e. The summed E-state index contributed by atoms with van der Waals surface area (Å²) in [4.78, 5) is 11.0. The molecular formula is C10H14F2O2. The molecule has 1 rings (SSSR count). The van der Waals surface area contributed by atoms with E-state index in [1.807, 2.05) is 0 Å². The fourth-order valence-corrected chi connectivity index (χ4v) is 1.72. The Morgan fingerprint density at radius 2 is 2.07 bits per heavy atom. The molecular weight excluding hydrogens is 190 g/mol. The van der Waals surface area contributed by atoms with Gasteiger partial charge in [-0.05, 0) is 19.3 Å². The molecule has 0 amide bonds. The Kier molecular flexibility index (Phi) is 2.92. The Hall–Kier alpha value is -0.930. The molecule has 0 atom stereocenters. The lowest BCUT2D eigenvalue weighted by atomic mass is 9.77. The summed E-state index contributed by atoms with van der Waals surface area (Å²) in [5, 5.41) is 9.64. The average Bonchev–Trinajstić information content (AvgIpc) is 2.08. The quantitative estimate of drug-likeness (QED) is 0.750. The van der Waals surface area contributed by atoms with Crippen molar-refractivity contribution in [3.63, 3.8) is 0 Å². The van der Waals surface area contributed by atoms with Gasteiger partial charge < -0.3 is 5.11 Å². The van der Waals surface area contributed by atoms with Gasteiger partial charge in [0.1, 0.15) is 5.76 Å². The summed E-state index contributed by atoms with van der Waals surface area (Å²) in [6, 6.07) is 0. The number of halogens is 2. The van der Waals surface area contributed by atoms with E-state index in [0.717, 1.165) is 6.42 Å². The summed E-state index contributed by atoms with van der Waals surface area (Å²) in [6.45, 7) is 3.50. The van der Waals surface area contributed by atoms with E-state index < -0.39 is 17.6 Å². The molecule has 0 aromatic heterocycles. The van der Waals surface area contributed by atoms with Crippen LogP contribution in [0.25, 0.3) is 0 Å². The first-order chi connectivity index (χ1) is 6.36. The number of ketones is 1. The lowest BCUT2D eigenvalue weighted by Crippen LogP contribution is -2.26. The average molecular weight is 204 g/mol. The molecule has 0 bridgehead atoms. The summed E-state index contributed by atoms with van der Waals surface area (Å²) in [6.07, 6.45) is -1.36. The van der Waals surface area contributed by atoms with Crippen molar-refractivity contribution >= 4 is 5.78 Å². The lowest BCUT2D eigenvalue weighted by molar-refractivity contribution is -0.126. The normalized spacial score (nSPS) is 21.5. The second-order valence-corrected chi connectivity index (χ2v) is 4.23. The zero-order valence-corrected chi connectivity index (χ0v) is 8.31. The number of aliphatic hydroxyl groups excluding tert-OH is 1. The van der Waals surface area contributed by atoms with Crippen LogP contribution in [-0.2, 0) is 4.79 Å². The van der Waals surface area contributed by atoms with Crippen molar-refractivity contribution in [1.82, 2.24) is 0 Å². The molecule has 0 unspecified atom stereocenters. The van der Waals surface area contributed by atoms with Crippen molar-refractivity contribution in [2.75, 3.05) is 0 Å². The molecule has 1 N–H and O–H groups in total. The SMILES string of the molecule is CC1(C)CCCC(C(=O)C(F)F)=C1O. The van der Waals surface area contributed by atoms with Crippen molar-refractivity contribution in [3.8, 4) is 0 Å². The Balaban J connectivity index is 3.02. The predicted molar refractivity (Wildman–Crippen MR) is 48.3 cm³/mol. The minimum atomic E-state index is -3.01. The van der Waals surface area contributed by atoms with Crippen LogP contribution in [0.4, 0.5) is 8.78 Å². The van der Waals surface area contributed by atoms with E-state index in [4.69, 9.17) is 0 Å². The molecule has 0 saturated carbocycles. The van der Waals surface area contributed by atoms with Gasteiger partial charge in [-0.1, -0.05) is 13.8 Å².